The lowest BCUT2D eigenvalue weighted by Gasteiger charge is -2.12. The molecule has 1 aromatic rings. The Balaban J connectivity index is 2.30. The smallest absolute Gasteiger partial charge is 0.481 e. The van der Waals surface area contributed by atoms with Gasteiger partial charge >= 0.3 is 15.6 Å². The minimum atomic E-state index is -5.07. The topological polar surface area (TPSA) is 123 Å². The van der Waals surface area contributed by atoms with Crippen molar-refractivity contribution < 1.29 is 37.4 Å². The molecule has 0 saturated carbocycles. The van der Waals surface area contributed by atoms with Gasteiger partial charge in [0, 0.05) is 0 Å². The first-order valence-electron chi connectivity index (χ1n) is 4.71. The number of rotatable bonds is 7. The van der Waals surface area contributed by atoms with E-state index in [4.69, 9.17) is 19.4 Å². The van der Waals surface area contributed by atoms with Crippen LogP contribution in [0.25, 0.3) is 0 Å². The van der Waals surface area contributed by atoms with Crippen LogP contribution < -0.4 is 4.74 Å². The Morgan fingerprint density at radius 3 is 2.17 bits per heavy atom. The van der Waals surface area contributed by atoms with Crippen molar-refractivity contribution in [3.8, 4) is 5.75 Å². The Morgan fingerprint density at radius 1 is 1.00 bits per heavy atom. The van der Waals surface area contributed by atoms with Crippen LogP contribution in [0.15, 0.2) is 30.3 Å². The molecule has 8 nitrogen and oxygen atoms in total. The molecule has 0 aromatic heterocycles. The summed E-state index contributed by atoms with van der Waals surface area (Å²) in [5.41, 5.74) is 0. The number of hydrogen-bond donors (Lipinski definition) is 3. The molecule has 0 bridgehead atoms. The lowest BCUT2D eigenvalue weighted by Crippen LogP contribution is -2.06. The van der Waals surface area contributed by atoms with Gasteiger partial charge in [-0.1, -0.05) is 18.2 Å². The lowest BCUT2D eigenvalue weighted by molar-refractivity contribution is 0.151. The number of benzene rings is 1. The molecule has 1 rings (SSSR count). The molecule has 0 spiro atoms. The molecule has 3 N–H and O–H groups in total. The zero-order valence-corrected chi connectivity index (χ0v) is 10.9. The van der Waals surface area contributed by atoms with Gasteiger partial charge in [-0.05, 0) is 12.1 Å². The fourth-order valence-corrected chi connectivity index (χ4v) is 2.56. The summed E-state index contributed by atoms with van der Waals surface area (Å²) < 4.78 is 34.3. The summed E-state index contributed by atoms with van der Waals surface area (Å²) in [5.74, 6) is 0.532. The Morgan fingerprint density at radius 2 is 1.61 bits per heavy atom. The van der Waals surface area contributed by atoms with Crippen molar-refractivity contribution in [3.05, 3.63) is 30.3 Å². The number of hydrogen-bond acceptors (Lipinski definition) is 5. The van der Waals surface area contributed by atoms with Gasteiger partial charge in [-0.15, -0.1) is 0 Å². The average molecular weight is 298 g/mol. The molecule has 18 heavy (non-hydrogen) atoms. The maximum atomic E-state index is 11.0. The first kappa shape index (κ1) is 15.3. The molecule has 0 amide bonds. The van der Waals surface area contributed by atoms with E-state index >= 15 is 0 Å². The van der Waals surface area contributed by atoms with Crippen LogP contribution in [0.4, 0.5) is 0 Å². The van der Waals surface area contributed by atoms with E-state index in [-0.39, 0.29) is 13.2 Å². The summed E-state index contributed by atoms with van der Waals surface area (Å²) in [4.78, 5) is 25.6. The number of para-hydroxylation sites is 1. The van der Waals surface area contributed by atoms with Gasteiger partial charge < -0.3 is 19.4 Å². The summed E-state index contributed by atoms with van der Waals surface area (Å²) in [6, 6.07) is 8.61. The fourth-order valence-electron chi connectivity index (χ4n) is 0.987. The molecule has 0 aliphatic heterocycles. The molecule has 0 fully saturated rings. The maximum absolute atomic E-state index is 11.0. The van der Waals surface area contributed by atoms with E-state index in [1.165, 1.54) is 0 Å². The quantitative estimate of drug-likeness (QED) is 0.508. The van der Waals surface area contributed by atoms with Crippen LogP contribution in [0.2, 0.25) is 0 Å². The van der Waals surface area contributed by atoms with Crippen molar-refractivity contribution in [1.82, 2.24) is 0 Å². The molecule has 1 unspecified atom stereocenters. The highest BCUT2D eigenvalue weighted by Crippen LogP contribution is 2.57. The van der Waals surface area contributed by atoms with Crippen molar-refractivity contribution in [1.29, 1.82) is 0 Å². The van der Waals surface area contributed by atoms with Crippen LogP contribution in [0, 0.1) is 0 Å². The minimum absolute atomic E-state index is 0.0704. The standard InChI is InChI=1S/C8H12O8P2/c9-17(10,11)16-18(12,13)15-7-6-14-8-4-2-1-3-5-8/h1-5H,6-7H2,(H,12,13)(H2,9,10,11). The summed E-state index contributed by atoms with van der Waals surface area (Å²) in [6.45, 7) is -0.429. The minimum Gasteiger partial charge on any atom is -0.491 e. The average Bonchev–Trinajstić information content (AvgIpc) is 2.23. The molecular weight excluding hydrogens is 286 g/mol. The normalized spacial score (nSPS) is 15.1. The molecule has 0 aliphatic carbocycles. The van der Waals surface area contributed by atoms with Gasteiger partial charge in [0.1, 0.15) is 12.4 Å². The maximum Gasteiger partial charge on any atom is 0.481 e. The SMILES string of the molecule is O=P(O)(O)OP(=O)(O)OCCOc1ccccc1. The van der Waals surface area contributed by atoms with E-state index in [9.17, 15) is 9.13 Å². The second-order valence-electron chi connectivity index (χ2n) is 3.04. The van der Waals surface area contributed by atoms with Crippen LogP contribution in [0.1, 0.15) is 0 Å². The number of phosphoric ester groups is 1. The third kappa shape index (κ3) is 6.88. The third-order valence-electron chi connectivity index (χ3n) is 1.56. The summed E-state index contributed by atoms with van der Waals surface area (Å²) in [7, 11) is -9.85. The second-order valence-corrected chi connectivity index (χ2v) is 5.87. The molecule has 0 radical (unpaired) electrons. The van der Waals surface area contributed by atoms with Gasteiger partial charge in [-0.2, -0.15) is 4.31 Å². The van der Waals surface area contributed by atoms with Crippen molar-refractivity contribution in [2.45, 2.75) is 0 Å². The highest BCUT2D eigenvalue weighted by atomic mass is 31.3. The molecule has 1 atom stereocenters. The Hall–Kier alpha value is -0.720. The Bertz CT molecular complexity index is 455. The van der Waals surface area contributed by atoms with Crippen LogP contribution >= 0.6 is 15.6 Å². The lowest BCUT2D eigenvalue weighted by atomic mass is 10.3. The summed E-state index contributed by atoms with van der Waals surface area (Å²) in [5, 5.41) is 0. The van der Waals surface area contributed by atoms with Gasteiger partial charge in [0.25, 0.3) is 0 Å². The van der Waals surface area contributed by atoms with E-state index in [0.29, 0.717) is 5.75 Å². The van der Waals surface area contributed by atoms with Gasteiger partial charge in [0.15, 0.2) is 0 Å². The van der Waals surface area contributed by atoms with E-state index in [1.54, 1.807) is 30.3 Å². The largest absolute Gasteiger partial charge is 0.491 e. The van der Waals surface area contributed by atoms with Gasteiger partial charge in [0.2, 0.25) is 0 Å². The molecule has 1 aromatic carbocycles. The monoisotopic (exact) mass is 298 g/mol. The van der Waals surface area contributed by atoms with E-state index in [0.717, 1.165) is 0 Å². The Kier molecular flexibility index (Phi) is 5.49. The van der Waals surface area contributed by atoms with Crippen molar-refractivity contribution in [2.24, 2.45) is 0 Å². The van der Waals surface area contributed by atoms with Crippen molar-refractivity contribution >= 4 is 15.6 Å². The molecule has 0 heterocycles. The van der Waals surface area contributed by atoms with Crippen LogP contribution in [0.5, 0.6) is 5.75 Å². The molecule has 10 heteroatoms. The second kappa shape index (κ2) is 6.45. The van der Waals surface area contributed by atoms with Gasteiger partial charge in [-0.3, -0.25) is 4.52 Å². The predicted octanol–water partition coefficient (Wildman–Crippen LogP) is 1.29. The van der Waals surface area contributed by atoms with Crippen LogP contribution in [-0.2, 0) is 18.0 Å². The first-order valence-corrected chi connectivity index (χ1v) is 7.73. The molecular formula is C8H12O8P2. The van der Waals surface area contributed by atoms with Crippen molar-refractivity contribution in [3.63, 3.8) is 0 Å². The van der Waals surface area contributed by atoms with E-state index in [2.05, 4.69) is 8.83 Å². The zero-order chi connectivity index (χ0) is 13.6. The number of phosphoric acid groups is 2. The number of ether oxygens (including phenoxy) is 1. The molecule has 102 valence electrons. The van der Waals surface area contributed by atoms with Crippen molar-refractivity contribution in [2.75, 3.05) is 13.2 Å². The van der Waals surface area contributed by atoms with E-state index < -0.39 is 15.6 Å². The molecule has 0 aliphatic rings. The predicted molar refractivity (Wildman–Crippen MR) is 60.8 cm³/mol. The van der Waals surface area contributed by atoms with Gasteiger partial charge in [-0.25, -0.2) is 9.13 Å². The van der Waals surface area contributed by atoms with E-state index in [1.807, 2.05) is 0 Å². The van der Waals surface area contributed by atoms with Crippen LogP contribution in [-0.4, -0.2) is 27.9 Å². The summed E-state index contributed by atoms with van der Waals surface area (Å²) in [6.07, 6.45) is 0. The zero-order valence-electron chi connectivity index (χ0n) is 9.08. The summed E-state index contributed by atoms with van der Waals surface area (Å²) >= 11 is 0. The molecule has 0 saturated heterocycles. The Labute approximate surface area is 103 Å². The first-order chi connectivity index (χ1) is 8.29. The highest BCUT2D eigenvalue weighted by Gasteiger charge is 2.32. The fraction of sp³-hybridized carbons (Fsp3) is 0.250. The van der Waals surface area contributed by atoms with Gasteiger partial charge in [0.05, 0.1) is 6.61 Å². The third-order valence-corrected chi connectivity index (χ3v) is 3.74. The van der Waals surface area contributed by atoms with Crippen LogP contribution in [0.3, 0.4) is 0 Å². The highest BCUT2D eigenvalue weighted by molar-refractivity contribution is 7.60.